The third kappa shape index (κ3) is 4.29. The minimum Gasteiger partial charge on any atom is -0.457 e. The Bertz CT molecular complexity index is 2020. The number of imidazole rings is 1. The molecule has 1 saturated heterocycles. The van der Waals surface area contributed by atoms with Crippen LogP contribution in [0.1, 0.15) is 32.0 Å². The Morgan fingerprint density at radius 2 is 1.71 bits per heavy atom. The molecular weight excluding hydrogens is 518 g/mol. The number of hydrogen-bond donors (Lipinski definition) is 2. The number of amides is 1. The monoisotopic (exact) mass is 543 g/mol. The highest BCUT2D eigenvalue weighted by atomic mass is 16.5. The zero-order chi connectivity index (χ0) is 28.1. The van der Waals surface area contributed by atoms with Crippen molar-refractivity contribution in [2.45, 2.75) is 0 Å². The first-order chi connectivity index (χ1) is 20.0. The Morgan fingerprint density at radius 3 is 2.54 bits per heavy atom. The molecule has 0 unspecified atom stereocenters. The van der Waals surface area contributed by atoms with Gasteiger partial charge in [0, 0.05) is 48.7 Å². The van der Waals surface area contributed by atoms with Crippen LogP contribution in [0, 0.1) is 11.3 Å². The quantitative estimate of drug-likeness (QED) is 0.307. The summed E-state index contributed by atoms with van der Waals surface area (Å²) in [5, 5.41) is 14.3. The average molecular weight is 544 g/mol. The van der Waals surface area contributed by atoms with Gasteiger partial charge in [-0.3, -0.25) is 9.59 Å². The van der Waals surface area contributed by atoms with Crippen molar-refractivity contribution in [3.05, 3.63) is 95.3 Å². The maximum absolute atomic E-state index is 13.7. The summed E-state index contributed by atoms with van der Waals surface area (Å²) in [6, 6.07) is 21.8. The zero-order valence-electron chi connectivity index (χ0n) is 22.2. The number of ketones is 1. The van der Waals surface area contributed by atoms with Gasteiger partial charge in [0.25, 0.3) is 5.91 Å². The van der Waals surface area contributed by atoms with Gasteiger partial charge >= 0.3 is 0 Å². The molecule has 1 aliphatic rings. The molecule has 2 N–H and O–H groups in total. The van der Waals surface area contributed by atoms with Gasteiger partial charge in [-0.15, -0.1) is 0 Å². The first-order valence-electron chi connectivity index (χ1n) is 13.3. The van der Waals surface area contributed by atoms with E-state index in [0.29, 0.717) is 52.6 Å². The van der Waals surface area contributed by atoms with E-state index in [0.717, 1.165) is 35.0 Å². The number of benzene rings is 3. The SMILES string of the molecule is CN1CCN(C(=O)c2cccc3[nH]c(C(=O)c4cnn5c4[nH]c4cc(Oc6cccc(C#N)c6)ccc45)cc23)CC1. The molecule has 10 heteroatoms. The molecule has 10 nitrogen and oxygen atoms in total. The second-order valence-electron chi connectivity index (χ2n) is 10.2. The number of ether oxygens (including phenoxy) is 1. The smallest absolute Gasteiger partial charge is 0.254 e. The highest BCUT2D eigenvalue weighted by Gasteiger charge is 2.24. The Balaban J connectivity index is 1.20. The Hall–Kier alpha value is -5.40. The largest absolute Gasteiger partial charge is 0.457 e. The number of likely N-dealkylation sites (N-methyl/N-ethyl adjacent to an activating group) is 1. The lowest BCUT2D eigenvalue weighted by Gasteiger charge is -2.32. The van der Waals surface area contributed by atoms with Crippen molar-refractivity contribution in [3.8, 4) is 17.6 Å². The molecule has 4 heterocycles. The lowest BCUT2D eigenvalue weighted by molar-refractivity contribution is 0.0666. The summed E-state index contributed by atoms with van der Waals surface area (Å²) in [4.78, 5) is 37.6. The molecule has 0 aliphatic carbocycles. The van der Waals surface area contributed by atoms with Crippen molar-refractivity contribution >= 4 is 39.3 Å². The van der Waals surface area contributed by atoms with Crippen LogP contribution in [0.4, 0.5) is 0 Å². The van der Waals surface area contributed by atoms with Crippen LogP contribution in [0.25, 0.3) is 27.6 Å². The molecule has 0 radical (unpaired) electrons. The standard InChI is InChI=1S/C31H25N7O3/c1-36-10-12-37(13-11-36)31(40)22-6-3-7-25-23(22)16-27(34-25)29(39)24-18-33-38-28-9-8-21(15-26(28)35-30(24)38)41-20-5-2-4-19(14-20)17-32/h2-9,14-16,18,34-35H,10-13H2,1H3. The number of piperazine rings is 1. The van der Waals surface area contributed by atoms with Crippen LogP contribution < -0.4 is 4.74 Å². The van der Waals surface area contributed by atoms with Gasteiger partial charge in [0.2, 0.25) is 5.78 Å². The van der Waals surface area contributed by atoms with Gasteiger partial charge in [-0.2, -0.15) is 10.4 Å². The number of aromatic amines is 2. The number of nitriles is 1. The summed E-state index contributed by atoms with van der Waals surface area (Å²) >= 11 is 0. The third-order valence-corrected chi connectivity index (χ3v) is 7.59. The van der Waals surface area contributed by atoms with Crippen LogP contribution in [0.15, 0.2) is 72.9 Å². The molecule has 6 aromatic rings. The summed E-state index contributed by atoms with van der Waals surface area (Å²) in [6.07, 6.45) is 1.55. The fourth-order valence-electron chi connectivity index (χ4n) is 5.36. The maximum atomic E-state index is 13.7. The van der Waals surface area contributed by atoms with E-state index in [9.17, 15) is 9.59 Å². The van der Waals surface area contributed by atoms with Gasteiger partial charge in [-0.1, -0.05) is 12.1 Å². The summed E-state index contributed by atoms with van der Waals surface area (Å²) in [7, 11) is 2.05. The summed E-state index contributed by atoms with van der Waals surface area (Å²) < 4.78 is 7.64. The number of hydrogen-bond acceptors (Lipinski definition) is 6. The fourth-order valence-corrected chi connectivity index (χ4v) is 5.36. The molecule has 0 saturated carbocycles. The molecule has 7 rings (SSSR count). The number of carbonyl (C=O) groups is 2. The van der Waals surface area contributed by atoms with Crippen LogP contribution in [0.3, 0.4) is 0 Å². The molecule has 1 amide bonds. The number of nitrogens with zero attached hydrogens (tertiary/aromatic N) is 5. The van der Waals surface area contributed by atoms with Crippen LogP contribution in [0.2, 0.25) is 0 Å². The van der Waals surface area contributed by atoms with E-state index in [4.69, 9.17) is 10.00 Å². The molecule has 202 valence electrons. The van der Waals surface area contributed by atoms with E-state index in [1.165, 1.54) is 0 Å². The maximum Gasteiger partial charge on any atom is 0.254 e. The van der Waals surface area contributed by atoms with Crippen molar-refractivity contribution in [1.82, 2.24) is 29.4 Å². The van der Waals surface area contributed by atoms with Gasteiger partial charge in [0.05, 0.1) is 40.1 Å². The van der Waals surface area contributed by atoms with Crippen LogP contribution in [-0.2, 0) is 0 Å². The number of fused-ring (bicyclic) bond motifs is 4. The Morgan fingerprint density at radius 1 is 0.902 bits per heavy atom. The van der Waals surface area contributed by atoms with Gasteiger partial charge < -0.3 is 24.5 Å². The highest BCUT2D eigenvalue weighted by molar-refractivity contribution is 6.15. The topological polar surface area (TPSA) is 123 Å². The van der Waals surface area contributed by atoms with Gasteiger partial charge in [-0.25, -0.2) is 4.52 Å². The Kier molecular flexibility index (Phi) is 5.80. The van der Waals surface area contributed by atoms with Crippen molar-refractivity contribution in [3.63, 3.8) is 0 Å². The Labute approximate surface area is 234 Å². The fraction of sp³-hybridized carbons (Fsp3) is 0.161. The van der Waals surface area contributed by atoms with Crippen LogP contribution in [0.5, 0.6) is 11.5 Å². The molecule has 1 fully saturated rings. The van der Waals surface area contributed by atoms with Gasteiger partial charge in [0.15, 0.2) is 0 Å². The number of rotatable bonds is 5. The van der Waals surface area contributed by atoms with Gasteiger partial charge in [-0.05, 0) is 55.6 Å². The van der Waals surface area contributed by atoms with Crippen molar-refractivity contribution in [1.29, 1.82) is 5.26 Å². The van der Waals surface area contributed by atoms with Gasteiger partial charge in [0.1, 0.15) is 17.1 Å². The predicted molar refractivity (Wildman–Crippen MR) is 153 cm³/mol. The molecule has 1 aliphatic heterocycles. The lowest BCUT2D eigenvalue weighted by atomic mass is 10.1. The van der Waals surface area contributed by atoms with E-state index in [1.807, 2.05) is 41.3 Å². The second-order valence-corrected chi connectivity index (χ2v) is 10.2. The first kappa shape index (κ1) is 24.6. The molecule has 3 aromatic heterocycles. The van der Waals surface area contributed by atoms with E-state index >= 15 is 0 Å². The molecule has 0 atom stereocenters. The zero-order valence-corrected chi connectivity index (χ0v) is 22.2. The van der Waals surface area contributed by atoms with E-state index in [1.54, 1.807) is 41.0 Å². The number of aromatic nitrogens is 4. The minimum atomic E-state index is -0.231. The highest BCUT2D eigenvalue weighted by Crippen LogP contribution is 2.29. The molecule has 0 bridgehead atoms. The van der Waals surface area contributed by atoms with Crippen LogP contribution >= 0.6 is 0 Å². The summed E-state index contributed by atoms with van der Waals surface area (Å²) in [5.74, 6) is 0.881. The minimum absolute atomic E-state index is 0.0254. The van der Waals surface area contributed by atoms with Crippen molar-refractivity contribution in [2.24, 2.45) is 0 Å². The lowest BCUT2D eigenvalue weighted by Crippen LogP contribution is -2.47. The third-order valence-electron chi connectivity index (χ3n) is 7.59. The number of carbonyl (C=O) groups excluding carboxylic acids is 2. The van der Waals surface area contributed by atoms with E-state index < -0.39 is 0 Å². The second kappa shape index (κ2) is 9.66. The van der Waals surface area contributed by atoms with E-state index in [2.05, 4.69) is 33.1 Å². The van der Waals surface area contributed by atoms with Crippen molar-refractivity contribution in [2.75, 3.05) is 33.2 Å². The molecular formula is C31H25N7O3. The molecule has 0 spiro atoms. The van der Waals surface area contributed by atoms with E-state index in [-0.39, 0.29) is 11.7 Å². The average Bonchev–Trinajstić information content (AvgIpc) is 3.70. The summed E-state index contributed by atoms with van der Waals surface area (Å²) in [6.45, 7) is 3.02. The predicted octanol–water partition coefficient (Wildman–Crippen LogP) is 4.58. The molecule has 3 aromatic carbocycles. The van der Waals surface area contributed by atoms with Crippen LogP contribution in [-0.4, -0.2) is 74.3 Å². The van der Waals surface area contributed by atoms with Crippen molar-refractivity contribution < 1.29 is 14.3 Å². The normalized spacial score (nSPS) is 14.1. The number of nitrogens with one attached hydrogen (secondary N) is 2. The summed E-state index contributed by atoms with van der Waals surface area (Å²) in [5.41, 5.74) is 4.70. The first-order valence-corrected chi connectivity index (χ1v) is 13.3. The molecule has 41 heavy (non-hydrogen) atoms. The number of H-pyrrole nitrogens is 2.